The quantitative estimate of drug-likeness (QED) is 0.755. The second kappa shape index (κ2) is 6.58. The Morgan fingerprint density at radius 1 is 1.18 bits per heavy atom. The second-order valence-electron chi connectivity index (χ2n) is 5.48. The van der Waals surface area contributed by atoms with Gasteiger partial charge >= 0.3 is 0 Å². The number of nitrogens with two attached hydrogens (primary N) is 1. The zero-order valence-electron chi connectivity index (χ0n) is 12.5. The van der Waals surface area contributed by atoms with E-state index in [-0.39, 0.29) is 11.8 Å². The van der Waals surface area contributed by atoms with Crippen molar-refractivity contribution in [3.8, 4) is 0 Å². The topological polar surface area (TPSA) is 75.4 Å². The van der Waals surface area contributed by atoms with Crippen molar-refractivity contribution in [3.05, 3.63) is 55.1 Å². The van der Waals surface area contributed by atoms with Crippen molar-refractivity contribution in [3.63, 3.8) is 0 Å². The van der Waals surface area contributed by atoms with Gasteiger partial charge in [0.1, 0.15) is 0 Å². The predicted octanol–water partition coefficient (Wildman–Crippen LogP) is 1.93. The molecule has 1 aromatic carbocycles. The molecule has 0 heterocycles. The van der Waals surface area contributed by atoms with E-state index in [1.54, 1.807) is 41.3 Å². The molecule has 0 unspecified atom stereocenters. The molecule has 0 aliphatic heterocycles. The van der Waals surface area contributed by atoms with Crippen LogP contribution in [0.2, 0.25) is 0 Å². The highest BCUT2D eigenvalue weighted by Gasteiger charge is 2.45. The molecule has 5 heteroatoms. The van der Waals surface area contributed by atoms with Crippen molar-refractivity contribution >= 4 is 17.5 Å². The second-order valence-corrected chi connectivity index (χ2v) is 5.48. The zero-order chi connectivity index (χ0) is 16.2. The van der Waals surface area contributed by atoms with Crippen molar-refractivity contribution in [2.75, 3.05) is 18.4 Å². The molecule has 0 radical (unpaired) electrons. The van der Waals surface area contributed by atoms with Crippen LogP contribution in [0.25, 0.3) is 0 Å². The maximum absolute atomic E-state index is 12.4. The number of amides is 2. The van der Waals surface area contributed by atoms with E-state index in [4.69, 9.17) is 5.73 Å². The molecule has 2 amide bonds. The van der Waals surface area contributed by atoms with Gasteiger partial charge in [-0.25, -0.2) is 0 Å². The first-order chi connectivity index (χ1) is 10.5. The number of benzene rings is 1. The van der Waals surface area contributed by atoms with Crippen LogP contribution in [0.3, 0.4) is 0 Å². The summed E-state index contributed by atoms with van der Waals surface area (Å²) in [5, 5.41) is 2.77. The molecule has 22 heavy (non-hydrogen) atoms. The van der Waals surface area contributed by atoms with Crippen LogP contribution in [0.1, 0.15) is 23.2 Å². The summed E-state index contributed by atoms with van der Waals surface area (Å²) in [6.45, 7) is 8.21. The third-order valence-corrected chi connectivity index (χ3v) is 3.62. The normalized spacial score (nSPS) is 14.8. The molecule has 0 bridgehead atoms. The number of hydrogen-bond donors (Lipinski definition) is 2. The molecule has 1 fully saturated rings. The summed E-state index contributed by atoms with van der Waals surface area (Å²) in [5.74, 6) is -0.276. The number of rotatable bonds is 7. The third kappa shape index (κ3) is 3.62. The van der Waals surface area contributed by atoms with Gasteiger partial charge in [-0.15, -0.1) is 13.2 Å². The Morgan fingerprint density at radius 3 is 2.18 bits per heavy atom. The SMILES string of the molecule is C=CCN(CC=C)C(=O)c1ccc(NC(=O)C2(N)CC2)cc1. The summed E-state index contributed by atoms with van der Waals surface area (Å²) in [7, 11) is 0. The van der Waals surface area contributed by atoms with Gasteiger partial charge in [-0.05, 0) is 37.1 Å². The number of nitrogens with one attached hydrogen (secondary N) is 1. The smallest absolute Gasteiger partial charge is 0.254 e. The van der Waals surface area contributed by atoms with Gasteiger partial charge in [0, 0.05) is 24.3 Å². The molecule has 0 spiro atoms. The molecular formula is C17H21N3O2. The number of carbonyl (C=O) groups excluding carboxylic acids is 2. The molecule has 1 aliphatic carbocycles. The predicted molar refractivity (Wildman–Crippen MR) is 87.5 cm³/mol. The lowest BCUT2D eigenvalue weighted by atomic mass is 10.1. The largest absolute Gasteiger partial charge is 0.331 e. The average Bonchev–Trinajstić information content (AvgIpc) is 3.26. The first-order valence-electron chi connectivity index (χ1n) is 7.21. The minimum atomic E-state index is -0.709. The fourth-order valence-corrected chi connectivity index (χ4v) is 2.05. The molecule has 1 aromatic rings. The van der Waals surface area contributed by atoms with Crippen molar-refractivity contribution < 1.29 is 9.59 Å². The van der Waals surface area contributed by atoms with Crippen LogP contribution >= 0.6 is 0 Å². The lowest BCUT2D eigenvalue weighted by Crippen LogP contribution is -2.37. The van der Waals surface area contributed by atoms with E-state index in [2.05, 4.69) is 18.5 Å². The van der Waals surface area contributed by atoms with E-state index in [1.807, 2.05) is 0 Å². The molecule has 0 aromatic heterocycles. The molecule has 3 N–H and O–H groups in total. The van der Waals surface area contributed by atoms with E-state index < -0.39 is 5.54 Å². The standard InChI is InChI=1S/C17H21N3O2/c1-3-11-20(12-4-2)15(21)13-5-7-14(8-6-13)19-16(22)17(18)9-10-17/h3-8H,1-2,9-12,18H2,(H,19,22). The molecular weight excluding hydrogens is 278 g/mol. The molecule has 0 saturated heterocycles. The minimum absolute atomic E-state index is 0.102. The zero-order valence-corrected chi connectivity index (χ0v) is 12.5. The maximum Gasteiger partial charge on any atom is 0.254 e. The van der Waals surface area contributed by atoms with Crippen LogP contribution < -0.4 is 11.1 Å². The molecule has 2 rings (SSSR count). The van der Waals surface area contributed by atoms with Gasteiger partial charge in [0.2, 0.25) is 5.91 Å². The number of carbonyl (C=O) groups is 2. The van der Waals surface area contributed by atoms with Crippen LogP contribution in [-0.2, 0) is 4.79 Å². The lowest BCUT2D eigenvalue weighted by molar-refractivity contribution is -0.118. The van der Waals surface area contributed by atoms with Crippen molar-refractivity contribution in [1.82, 2.24) is 4.90 Å². The van der Waals surface area contributed by atoms with Crippen LogP contribution in [0, 0.1) is 0 Å². The molecule has 0 atom stereocenters. The number of hydrogen-bond acceptors (Lipinski definition) is 3. The Balaban J connectivity index is 2.04. The van der Waals surface area contributed by atoms with Crippen LogP contribution in [-0.4, -0.2) is 35.3 Å². The van der Waals surface area contributed by atoms with Gasteiger partial charge in [0.05, 0.1) is 5.54 Å². The van der Waals surface area contributed by atoms with Gasteiger partial charge in [-0.3, -0.25) is 9.59 Å². The Kier molecular flexibility index (Phi) is 4.78. The average molecular weight is 299 g/mol. The van der Waals surface area contributed by atoms with Crippen molar-refractivity contribution in [2.45, 2.75) is 18.4 Å². The maximum atomic E-state index is 12.4. The first-order valence-corrected chi connectivity index (χ1v) is 7.21. The van der Waals surface area contributed by atoms with Gasteiger partial charge in [0.25, 0.3) is 5.91 Å². The minimum Gasteiger partial charge on any atom is -0.331 e. The van der Waals surface area contributed by atoms with Gasteiger partial charge < -0.3 is 16.0 Å². The van der Waals surface area contributed by atoms with E-state index in [0.717, 1.165) is 0 Å². The molecule has 116 valence electrons. The third-order valence-electron chi connectivity index (χ3n) is 3.62. The van der Waals surface area contributed by atoms with Gasteiger partial charge in [-0.2, -0.15) is 0 Å². The summed E-state index contributed by atoms with van der Waals surface area (Å²) in [4.78, 5) is 25.8. The highest BCUT2D eigenvalue weighted by Crippen LogP contribution is 2.33. The first kappa shape index (κ1) is 16.0. The highest BCUT2D eigenvalue weighted by atomic mass is 16.2. The highest BCUT2D eigenvalue weighted by molar-refractivity contribution is 6.00. The van der Waals surface area contributed by atoms with Gasteiger partial charge in [-0.1, -0.05) is 12.2 Å². The van der Waals surface area contributed by atoms with E-state index in [1.165, 1.54) is 0 Å². The summed E-state index contributed by atoms with van der Waals surface area (Å²) in [6.07, 6.45) is 4.78. The van der Waals surface area contributed by atoms with Gasteiger partial charge in [0.15, 0.2) is 0 Å². The molecule has 1 aliphatic rings. The Hall–Kier alpha value is -2.40. The fraction of sp³-hybridized carbons (Fsp3) is 0.294. The van der Waals surface area contributed by atoms with E-state index in [9.17, 15) is 9.59 Å². The molecule has 5 nitrogen and oxygen atoms in total. The Bertz CT molecular complexity index is 578. The Morgan fingerprint density at radius 2 is 1.73 bits per heavy atom. The summed E-state index contributed by atoms with van der Waals surface area (Å²) >= 11 is 0. The van der Waals surface area contributed by atoms with Crippen molar-refractivity contribution in [2.24, 2.45) is 5.73 Å². The Labute approximate surface area is 130 Å². The number of nitrogens with zero attached hydrogens (tertiary/aromatic N) is 1. The summed E-state index contributed by atoms with van der Waals surface area (Å²) < 4.78 is 0. The summed E-state index contributed by atoms with van der Waals surface area (Å²) in [5.41, 5.74) is 6.31. The summed E-state index contributed by atoms with van der Waals surface area (Å²) in [6, 6.07) is 6.79. The van der Waals surface area contributed by atoms with Crippen molar-refractivity contribution in [1.29, 1.82) is 0 Å². The lowest BCUT2D eigenvalue weighted by Gasteiger charge is -2.19. The number of anilines is 1. The molecule has 1 saturated carbocycles. The van der Waals surface area contributed by atoms with E-state index >= 15 is 0 Å². The monoisotopic (exact) mass is 299 g/mol. The van der Waals surface area contributed by atoms with Crippen LogP contribution in [0.15, 0.2) is 49.6 Å². The fourth-order valence-electron chi connectivity index (χ4n) is 2.05. The van der Waals surface area contributed by atoms with E-state index in [0.29, 0.717) is 37.2 Å². The van der Waals surface area contributed by atoms with Crippen LogP contribution in [0.5, 0.6) is 0 Å². The van der Waals surface area contributed by atoms with Crippen LogP contribution in [0.4, 0.5) is 5.69 Å².